The van der Waals surface area contributed by atoms with E-state index in [-0.39, 0.29) is 22.5 Å². The number of anilines is 1. The molecule has 18 nitrogen and oxygen atoms in total. The third kappa shape index (κ3) is 6.29. The molecule has 21 heteroatoms. The second kappa shape index (κ2) is 11.4. The molecule has 0 aliphatic heterocycles. The van der Waals surface area contributed by atoms with Crippen molar-refractivity contribution in [2.24, 2.45) is 30.7 Å². The lowest BCUT2D eigenvalue weighted by Crippen LogP contribution is -2.13. The average molecular weight is 682 g/mol. The van der Waals surface area contributed by atoms with Gasteiger partial charge in [-0.15, -0.1) is 5.11 Å². The SMILES string of the molecule is CN=Nc1cc(S(=O)(=O)O)c2cc(S(=O)(=O)O)c(N=NC3(C)C=Cc4cc(S(=O)(=O)O)c(N=NC)c(O)c4C=C3)c(O)c2c1N. The predicted molar refractivity (Wildman–Crippen MR) is 159 cm³/mol. The van der Waals surface area contributed by atoms with Crippen LogP contribution in [0.25, 0.3) is 22.9 Å². The molecule has 1 atom stereocenters. The number of benzene rings is 3. The fourth-order valence-corrected chi connectivity index (χ4v) is 6.38. The minimum atomic E-state index is -5.24. The number of rotatable bonds is 7. The highest BCUT2D eigenvalue weighted by Gasteiger charge is 2.30. The molecule has 0 heterocycles. The van der Waals surface area contributed by atoms with E-state index < -0.39 is 84.2 Å². The average Bonchev–Trinajstić information content (AvgIpc) is 3.08. The maximum absolute atomic E-state index is 12.4. The zero-order chi connectivity index (χ0) is 33.7. The maximum Gasteiger partial charge on any atom is 0.296 e. The van der Waals surface area contributed by atoms with Gasteiger partial charge in [-0.2, -0.15) is 50.8 Å². The van der Waals surface area contributed by atoms with Gasteiger partial charge in [0, 0.05) is 25.0 Å². The minimum Gasteiger partial charge on any atom is -0.505 e. The molecule has 0 saturated carbocycles. The lowest BCUT2D eigenvalue weighted by Gasteiger charge is -2.16. The summed E-state index contributed by atoms with van der Waals surface area (Å²) in [5, 5.41) is 42.9. The summed E-state index contributed by atoms with van der Waals surface area (Å²) in [4.78, 5) is -2.76. The predicted octanol–water partition coefficient (Wildman–Crippen LogP) is 4.58. The molecule has 0 fully saturated rings. The van der Waals surface area contributed by atoms with E-state index in [0.29, 0.717) is 6.07 Å². The smallest absolute Gasteiger partial charge is 0.296 e. The summed E-state index contributed by atoms with van der Waals surface area (Å²) in [6.07, 6.45) is 5.28. The third-order valence-electron chi connectivity index (χ3n) is 6.42. The van der Waals surface area contributed by atoms with Crippen LogP contribution in [0.2, 0.25) is 0 Å². The van der Waals surface area contributed by atoms with Gasteiger partial charge in [0.1, 0.15) is 37.3 Å². The van der Waals surface area contributed by atoms with E-state index in [1.807, 2.05) is 0 Å². The Kier molecular flexibility index (Phi) is 8.39. The highest BCUT2D eigenvalue weighted by Crippen LogP contribution is 2.48. The fraction of sp³-hybridized carbons (Fsp3) is 0.167. The quantitative estimate of drug-likeness (QED) is 0.113. The van der Waals surface area contributed by atoms with Crippen molar-refractivity contribution in [3.8, 4) is 11.5 Å². The highest BCUT2D eigenvalue weighted by atomic mass is 32.2. The molecule has 7 N–H and O–H groups in total. The molecule has 45 heavy (non-hydrogen) atoms. The van der Waals surface area contributed by atoms with E-state index in [9.17, 15) is 49.1 Å². The molecule has 0 saturated heterocycles. The number of aromatic hydroxyl groups is 2. The summed E-state index contributed by atoms with van der Waals surface area (Å²) in [5.41, 5.74) is 2.56. The summed E-state index contributed by atoms with van der Waals surface area (Å²) in [6, 6.07) is 2.41. The van der Waals surface area contributed by atoms with Crippen LogP contribution in [0.3, 0.4) is 0 Å². The zero-order valence-corrected chi connectivity index (χ0v) is 25.7. The van der Waals surface area contributed by atoms with Crippen LogP contribution in [-0.4, -0.2) is 68.8 Å². The van der Waals surface area contributed by atoms with Crippen molar-refractivity contribution in [2.45, 2.75) is 27.1 Å². The monoisotopic (exact) mass is 681 g/mol. The first-order valence-corrected chi connectivity index (χ1v) is 16.4. The van der Waals surface area contributed by atoms with Crippen LogP contribution in [0.5, 0.6) is 11.5 Å². The Bertz CT molecular complexity index is 2260. The maximum atomic E-state index is 12.4. The molecule has 3 aromatic carbocycles. The minimum absolute atomic E-state index is 0.0373. The fourth-order valence-electron chi connectivity index (χ4n) is 4.37. The number of hydrogen-bond acceptors (Lipinski definition) is 15. The molecule has 1 aliphatic carbocycles. The van der Waals surface area contributed by atoms with Crippen LogP contribution in [0.4, 0.5) is 22.7 Å². The number of nitrogens with zero attached hydrogens (tertiary/aromatic N) is 6. The van der Waals surface area contributed by atoms with Gasteiger partial charge in [-0.3, -0.25) is 13.7 Å². The van der Waals surface area contributed by atoms with Gasteiger partial charge in [0.2, 0.25) is 0 Å². The first-order chi connectivity index (χ1) is 20.7. The van der Waals surface area contributed by atoms with Crippen LogP contribution in [0.1, 0.15) is 18.1 Å². The molecule has 1 aliphatic rings. The van der Waals surface area contributed by atoms with Crippen molar-refractivity contribution in [1.82, 2.24) is 0 Å². The van der Waals surface area contributed by atoms with Crippen molar-refractivity contribution in [3.63, 3.8) is 0 Å². The summed E-state index contributed by atoms with van der Waals surface area (Å²) < 4.78 is 102. The second-order valence-corrected chi connectivity index (χ2v) is 13.7. The number of phenolic OH excluding ortho intramolecular Hbond substituents is 2. The van der Waals surface area contributed by atoms with Gasteiger partial charge in [0.05, 0.1) is 11.1 Å². The van der Waals surface area contributed by atoms with Gasteiger partial charge >= 0.3 is 0 Å². The number of fused-ring (bicyclic) bond motifs is 2. The molecule has 0 spiro atoms. The molecule has 4 rings (SSSR count). The largest absolute Gasteiger partial charge is 0.505 e. The molecular formula is C24H23N7O11S3. The Morgan fingerprint density at radius 1 is 0.711 bits per heavy atom. The summed E-state index contributed by atoms with van der Waals surface area (Å²) in [7, 11) is -12.7. The summed E-state index contributed by atoms with van der Waals surface area (Å²) in [5.74, 6) is -1.71. The molecule has 1 unspecified atom stereocenters. The molecular weight excluding hydrogens is 659 g/mol. The molecule has 3 aromatic rings. The van der Waals surface area contributed by atoms with Gasteiger partial charge in [-0.25, -0.2) is 0 Å². The van der Waals surface area contributed by atoms with Gasteiger partial charge in [-0.1, -0.05) is 24.3 Å². The van der Waals surface area contributed by atoms with Crippen LogP contribution < -0.4 is 5.73 Å². The number of phenols is 2. The Morgan fingerprint density at radius 3 is 1.80 bits per heavy atom. The van der Waals surface area contributed by atoms with Crippen molar-refractivity contribution in [1.29, 1.82) is 0 Å². The molecule has 0 radical (unpaired) electrons. The Morgan fingerprint density at radius 2 is 1.24 bits per heavy atom. The number of nitrogen functional groups attached to an aromatic ring is 1. The van der Waals surface area contributed by atoms with Crippen molar-refractivity contribution < 1.29 is 49.1 Å². The topological polar surface area (TPSA) is 304 Å². The van der Waals surface area contributed by atoms with E-state index >= 15 is 0 Å². The van der Waals surface area contributed by atoms with Crippen LogP contribution in [0, 0.1) is 0 Å². The van der Waals surface area contributed by atoms with E-state index in [2.05, 4.69) is 30.7 Å². The standard InChI is InChI=1S/C24H23N7O11S3/c1-24(6-4-11-8-16(44(37,38)39)20(29-27-3)22(32)12(11)5-7-24)31-30-21-17(45(40,41)42)9-13-15(43(34,35)36)10-14(28-26-2)19(25)18(13)23(21)33/h4-10,32-33H,25H2,1-3H3,(H,34,35,36)(H,37,38,39)(H,40,41,42). The molecule has 0 bridgehead atoms. The van der Waals surface area contributed by atoms with Crippen LogP contribution in [-0.2, 0) is 30.4 Å². The second-order valence-electron chi connectivity index (χ2n) is 9.49. The molecule has 0 amide bonds. The first-order valence-electron chi connectivity index (χ1n) is 12.1. The van der Waals surface area contributed by atoms with Crippen LogP contribution in [0.15, 0.2) is 75.7 Å². The summed E-state index contributed by atoms with van der Waals surface area (Å²) >= 11 is 0. The van der Waals surface area contributed by atoms with Gasteiger partial charge < -0.3 is 15.9 Å². The number of nitrogens with two attached hydrogens (primary N) is 1. The lowest BCUT2D eigenvalue weighted by molar-refractivity contribution is 0.466. The van der Waals surface area contributed by atoms with Crippen molar-refractivity contribution in [2.75, 3.05) is 19.8 Å². The van der Waals surface area contributed by atoms with Crippen LogP contribution >= 0.6 is 0 Å². The van der Waals surface area contributed by atoms with E-state index in [4.69, 9.17) is 5.73 Å². The Labute approximate surface area is 255 Å². The zero-order valence-electron chi connectivity index (χ0n) is 23.2. The highest BCUT2D eigenvalue weighted by molar-refractivity contribution is 7.86. The molecule has 238 valence electrons. The van der Waals surface area contributed by atoms with E-state index in [1.54, 1.807) is 0 Å². The van der Waals surface area contributed by atoms with Gasteiger partial charge in [-0.05, 0) is 30.7 Å². The lowest BCUT2D eigenvalue weighted by atomic mass is 10.0. The Balaban J connectivity index is 1.99. The summed E-state index contributed by atoms with van der Waals surface area (Å²) in [6.45, 7) is 1.43. The third-order valence-corrected chi connectivity index (χ3v) is 9.05. The molecule has 0 aromatic heterocycles. The van der Waals surface area contributed by atoms with Crippen molar-refractivity contribution in [3.05, 3.63) is 41.5 Å². The van der Waals surface area contributed by atoms with Gasteiger partial charge in [0.25, 0.3) is 30.4 Å². The Hall–Kier alpha value is -4.67. The first kappa shape index (κ1) is 33.2. The van der Waals surface area contributed by atoms with E-state index in [0.717, 1.165) is 12.1 Å². The number of hydrogen-bond donors (Lipinski definition) is 6. The number of azo groups is 3. The van der Waals surface area contributed by atoms with Gasteiger partial charge in [0.15, 0.2) is 11.5 Å². The van der Waals surface area contributed by atoms with Crippen molar-refractivity contribution >= 4 is 76.0 Å². The van der Waals surface area contributed by atoms with E-state index in [1.165, 1.54) is 45.3 Å². The normalized spacial score (nSPS) is 17.6.